The molecule has 0 bridgehead atoms. The molecule has 0 saturated heterocycles. The minimum atomic E-state index is -0.986. The van der Waals surface area contributed by atoms with E-state index in [0.29, 0.717) is 12.8 Å². The highest BCUT2D eigenvalue weighted by atomic mass is 16.7. The number of hydroxylamine groups is 2. The molecule has 0 fully saturated rings. The number of carbonyl (C=O) groups excluding carboxylic acids is 4. The number of esters is 1. The fraction of sp³-hybridized carbons (Fsp3) is 0.317. The zero-order chi connectivity index (χ0) is 35.7. The van der Waals surface area contributed by atoms with Crippen molar-refractivity contribution < 1.29 is 28.8 Å². The third-order valence-electron chi connectivity index (χ3n) is 8.11. The maximum atomic E-state index is 14.1. The Morgan fingerprint density at radius 3 is 1.56 bits per heavy atom. The first-order valence-electron chi connectivity index (χ1n) is 17.0. The average molecular weight is 678 g/mol. The fourth-order valence-electron chi connectivity index (χ4n) is 5.47. The van der Waals surface area contributed by atoms with Crippen LogP contribution in [0.2, 0.25) is 0 Å². The molecule has 0 aliphatic rings. The molecule has 0 aromatic heterocycles. The maximum Gasteiger partial charge on any atom is 0.329 e. The van der Waals surface area contributed by atoms with Crippen molar-refractivity contribution >= 4 is 23.7 Å². The molecule has 0 aliphatic heterocycles. The summed E-state index contributed by atoms with van der Waals surface area (Å²) in [5.41, 5.74) is 3.45. The molecular formula is C41H47N3O6. The van der Waals surface area contributed by atoms with Crippen LogP contribution < -0.4 is 10.6 Å². The molecule has 0 saturated carbocycles. The third kappa shape index (κ3) is 12.6. The summed E-state index contributed by atoms with van der Waals surface area (Å²) < 4.78 is 5.64. The van der Waals surface area contributed by atoms with E-state index in [1.165, 1.54) is 12.0 Å². The fourth-order valence-corrected chi connectivity index (χ4v) is 5.47. The number of amides is 3. The minimum absolute atomic E-state index is 0.0264. The highest BCUT2D eigenvalue weighted by Crippen LogP contribution is 2.16. The molecular weight excluding hydrogens is 630 g/mol. The van der Waals surface area contributed by atoms with Crippen LogP contribution in [0.5, 0.6) is 0 Å². The second kappa shape index (κ2) is 19.7. The summed E-state index contributed by atoms with van der Waals surface area (Å²) in [4.78, 5) is 60.0. The van der Waals surface area contributed by atoms with Crippen LogP contribution in [0.25, 0.3) is 0 Å². The van der Waals surface area contributed by atoms with E-state index < -0.39 is 35.8 Å². The maximum absolute atomic E-state index is 14.1. The van der Waals surface area contributed by atoms with Crippen LogP contribution >= 0.6 is 0 Å². The number of nitrogens with zero attached hydrogens (tertiary/aromatic N) is 1. The molecule has 9 nitrogen and oxygen atoms in total. The normalized spacial score (nSPS) is 12.7. The molecule has 262 valence electrons. The monoisotopic (exact) mass is 677 g/mol. The van der Waals surface area contributed by atoms with Crippen molar-refractivity contribution in [1.29, 1.82) is 0 Å². The van der Waals surface area contributed by atoms with Gasteiger partial charge in [-0.2, -0.15) is 0 Å². The lowest BCUT2D eigenvalue weighted by molar-refractivity contribution is -0.193. The standard InChI is InChI=1S/C41H47N3O6/c1-30(2)24-37(40(47)43-38(26-33-18-10-5-11-19-33)41(48)49-28-34-20-12-6-13-21-34)42-39(46)36(25-32-16-8-4-9-17-32)27-44(31(3)45)50-29-35-22-14-7-15-23-35/h4-23,30,36-38H,24-29H2,1-3H3,(H,42,46)(H,43,47)/t36?,37-,38-/m0/s1. The zero-order valence-electron chi connectivity index (χ0n) is 29.0. The third-order valence-corrected chi connectivity index (χ3v) is 8.11. The van der Waals surface area contributed by atoms with Crippen LogP contribution in [-0.4, -0.2) is 47.4 Å². The van der Waals surface area contributed by atoms with Gasteiger partial charge in [0.1, 0.15) is 25.3 Å². The Balaban J connectivity index is 1.52. The van der Waals surface area contributed by atoms with Gasteiger partial charge in [-0.1, -0.05) is 135 Å². The summed E-state index contributed by atoms with van der Waals surface area (Å²) in [6.07, 6.45) is 0.850. The number of rotatable bonds is 18. The quantitative estimate of drug-likeness (QED) is 0.101. The average Bonchev–Trinajstić information content (AvgIpc) is 3.12. The Bertz CT molecular complexity index is 1630. The van der Waals surface area contributed by atoms with Crippen molar-refractivity contribution in [2.45, 2.75) is 65.3 Å². The van der Waals surface area contributed by atoms with Gasteiger partial charge in [0.2, 0.25) is 17.7 Å². The molecule has 2 N–H and O–H groups in total. The van der Waals surface area contributed by atoms with Crippen LogP contribution in [0.1, 0.15) is 49.4 Å². The molecule has 3 amide bonds. The van der Waals surface area contributed by atoms with E-state index in [1.807, 2.05) is 135 Å². The molecule has 0 heterocycles. The molecule has 0 aliphatic carbocycles. The SMILES string of the molecule is CC(=O)N(CC(Cc1ccccc1)C(=O)N[C@@H](CC(C)C)C(=O)N[C@@H](Cc1ccccc1)C(=O)OCc1ccccc1)OCc1ccccc1. The van der Waals surface area contributed by atoms with E-state index in [4.69, 9.17) is 9.57 Å². The number of benzene rings is 4. The molecule has 1 unspecified atom stereocenters. The Morgan fingerprint density at radius 2 is 1.06 bits per heavy atom. The first kappa shape index (κ1) is 37.5. The van der Waals surface area contributed by atoms with Gasteiger partial charge in [0.05, 0.1) is 12.5 Å². The topological polar surface area (TPSA) is 114 Å². The van der Waals surface area contributed by atoms with Gasteiger partial charge < -0.3 is 15.4 Å². The van der Waals surface area contributed by atoms with Gasteiger partial charge in [0.25, 0.3) is 0 Å². The Morgan fingerprint density at radius 1 is 0.600 bits per heavy atom. The van der Waals surface area contributed by atoms with Gasteiger partial charge in [0.15, 0.2) is 0 Å². The molecule has 3 atom stereocenters. The Labute approximate surface area is 294 Å². The summed E-state index contributed by atoms with van der Waals surface area (Å²) in [5.74, 6) is -2.52. The molecule has 9 heteroatoms. The largest absolute Gasteiger partial charge is 0.459 e. The van der Waals surface area contributed by atoms with Gasteiger partial charge in [-0.05, 0) is 41.0 Å². The number of nitrogens with one attached hydrogen (secondary N) is 2. The molecule has 0 spiro atoms. The van der Waals surface area contributed by atoms with E-state index in [9.17, 15) is 19.2 Å². The van der Waals surface area contributed by atoms with Crippen LogP contribution in [0.4, 0.5) is 0 Å². The van der Waals surface area contributed by atoms with Crippen molar-refractivity contribution in [3.8, 4) is 0 Å². The summed E-state index contributed by atoms with van der Waals surface area (Å²) in [7, 11) is 0. The number of ether oxygens (including phenoxy) is 1. The second-order valence-corrected chi connectivity index (χ2v) is 12.8. The van der Waals surface area contributed by atoms with Gasteiger partial charge in [-0.15, -0.1) is 0 Å². The van der Waals surface area contributed by atoms with E-state index in [2.05, 4.69) is 10.6 Å². The minimum Gasteiger partial charge on any atom is -0.459 e. The molecule has 4 aromatic carbocycles. The predicted octanol–water partition coefficient (Wildman–Crippen LogP) is 5.83. The van der Waals surface area contributed by atoms with Gasteiger partial charge >= 0.3 is 5.97 Å². The predicted molar refractivity (Wildman–Crippen MR) is 192 cm³/mol. The van der Waals surface area contributed by atoms with Gasteiger partial charge in [-0.3, -0.25) is 19.2 Å². The summed E-state index contributed by atoms with van der Waals surface area (Å²) in [5, 5.41) is 7.04. The summed E-state index contributed by atoms with van der Waals surface area (Å²) >= 11 is 0. The lowest BCUT2D eigenvalue weighted by Crippen LogP contribution is -2.54. The lowest BCUT2D eigenvalue weighted by Gasteiger charge is -2.28. The van der Waals surface area contributed by atoms with Crippen molar-refractivity contribution in [2.75, 3.05) is 6.54 Å². The number of hydrogen-bond acceptors (Lipinski definition) is 6. The van der Waals surface area contributed by atoms with Crippen molar-refractivity contribution in [1.82, 2.24) is 15.7 Å². The second-order valence-electron chi connectivity index (χ2n) is 12.8. The van der Waals surface area contributed by atoms with Crippen LogP contribution in [0, 0.1) is 11.8 Å². The smallest absolute Gasteiger partial charge is 0.329 e. The van der Waals surface area contributed by atoms with E-state index in [1.54, 1.807) is 0 Å². The van der Waals surface area contributed by atoms with E-state index in [-0.39, 0.29) is 38.0 Å². The van der Waals surface area contributed by atoms with Crippen LogP contribution in [0.15, 0.2) is 121 Å². The number of carbonyl (C=O) groups is 4. The molecule has 4 aromatic rings. The van der Waals surface area contributed by atoms with Gasteiger partial charge in [-0.25, -0.2) is 9.86 Å². The Kier molecular flexibility index (Phi) is 14.8. The zero-order valence-corrected chi connectivity index (χ0v) is 29.0. The van der Waals surface area contributed by atoms with Crippen molar-refractivity contribution in [3.63, 3.8) is 0 Å². The van der Waals surface area contributed by atoms with Crippen LogP contribution in [-0.2, 0) is 54.8 Å². The summed E-state index contributed by atoms with van der Waals surface area (Å²) in [6.45, 7) is 5.49. The van der Waals surface area contributed by atoms with Gasteiger partial charge in [0, 0.05) is 13.3 Å². The Hall–Kier alpha value is -5.28. The molecule has 4 rings (SSSR count). The molecule has 50 heavy (non-hydrogen) atoms. The van der Waals surface area contributed by atoms with Crippen molar-refractivity contribution in [2.24, 2.45) is 11.8 Å². The highest BCUT2D eigenvalue weighted by Gasteiger charge is 2.32. The number of hydrogen-bond donors (Lipinski definition) is 2. The summed E-state index contributed by atoms with van der Waals surface area (Å²) in [6, 6.07) is 35.7. The van der Waals surface area contributed by atoms with E-state index >= 15 is 0 Å². The first-order valence-corrected chi connectivity index (χ1v) is 17.0. The lowest BCUT2D eigenvalue weighted by atomic mass is 9.96. The van der Waals surface area contributed by atoms with Crippen molar-refractivity contribution in [3.05, 3.63) is 144 Å². The molecule has 0 radical (unpaired) electrons. The highest BCUT2D eigenvalue weighted by molar-refractivity contribution is 5.91. The first-order chi connectivity index (χ1) is 24.2. The van der Waals surface area contributed by atoms with E-state index in [0.717, 1.165) is 22.3 Å². The van der Waals surface area contributed by atoms with Crippen LogP contribution in [0.3, 0.4) is 0 Å².